The van der Waals surface area contributed by atoms with Gasteiger partial charge < -0.3 is 9.47 Å². The Hall–Kier alpha value is -1.47. The van der Waals surface area contributed by atoms with Gasteiger partial charge in [0.05, 0.1) is 19.1 Å². The maximum Gasteiger partial charge on any atom is 0.240 e. The molecule has 23 heavy (non-hydrogen) atoms. The Morgan fingerprint density at radius 1 is 1.00 bits per heavy atom. The van der Waals surface area contributed by atoms with Crippen LogP contribution in [-0.4, -0.2) is 22.6 Å². The molecule has 8 heteroatoms. The van der Waals surface area contributed by atoms with Crippen LogP contribution in [0.2, 0.25) is 10.0 Å². The molecule has 0 atom stereocenters. The third-order valence-corrected chi connectivity index (χ3v) is 4.91. The highest BCUT2D eigenvalue weighted by Crippen LogP contribution is 2.26. The predicted octanol–water partition coefficient (Wildman–Crippen LogP) is 3.49. The molecule has 1 N–H and O–H groups in total. The van der Waals surface area contributed by atoms with Crippen molar-refractivity contribution in [1.29, 1.82) is 0 Å². The number of halogens is 2. The number of benzene rings is 2. The molecular weight excluding hydrogens is 361 g/mol. The number of nitrogens with one attached hydrogen (secondary N) is 1. The first-order valence-corrected chi connectivity index (χ1v) is 8.76. The average molecular weight is 376 g/mol. The summed E-state index contributed by atoms with van der Waals surface area (Å²) >= 11 is 11.7. The summed E-state index contributed by atoms with van der Waals surface area (Å²) in [6.45, 7) is 0.0552. The molecule has 0 saturated carbocycles. The largest absolute Gasteiger partial charge is 0.497 e. The normalized spacial score (nSPS) is 11.3. The van der Waals surface area contributed by atoms with E-state index < -0.39 is 10.0 Å². The van der Waals surface area contributed by atoms with Crippen LogP contribution in [0.15, 0.2) is 41.3 Å². The number of ether oxygens (including phenoxy) is 2. The number of hydrogen-bond donors (Lipinski definition) is 1. The van der Waals surface area contributed by atoms with E-state index in [2.05, 4.69) is 4.72 Å². The van der Waals surface area contributed by atoms with E-state index in [0.717, 1.165) is 0 Å². The minimum atomic E-state index is -3.75. The molecule has 0 aromatic heterocycles. The Morgan fingerprint density at radius 2 is 1.65 bits per heavy atom. The Balaban J connectivity index is 2.22. The summed E-state index contributed by atoms with van der Waals surface area (Å²) in [7, 11) is -0.705. The lowest BCUT2D eigenvalue weighted by molar-refractivity contribution is 0.390. The lowest BCUT2D eigenvalue weighted by Crippen LogP contribution is -2.23. The molecule has 2 aromatic rings. The third kappa shape index (κ3) is 4.51. The van der Waals surface area contributed by atoms with Crippen molar-refractivity contribution in [2.75, 3.05) is 14.2 Å². The monoisotopic (exact) mass is 375 g/mol. The number of sulfonamides is 1. The first-order valence-electron chi connectivity index (χ1n) is 6.52. The van der Waals surface area contributed by atoms with E-state index in [1.807, 2.05) is 0 Å². The number of methoxy groups -OCH3 is 2. The van der Waals surface area contributed by atoms with Crippen LogP contribution in [0.5, 0.6) is 11.5 Å². The van der Waals surface area contributed by atoms with E-state index in [9.17, 15) is 8.42 Å². The van der Waals surface area contributed by atoms with E-state index in [0.29, 0.717) is 17.1 Å². The second-order valence-electron chi connectivity index (χ2n) is 4.61. The van der Waals surface area contributed by atoms with Crippen LogP contribution < -0.4 is 14.2 Å². The first kappa shape index (κ1) is 17.9. The van der Waals surface area contributed by atoms with Crippen molar-refractivity contribution in [3.8, 4) is 11.5 Å². The summed E-state index contributed by atoms with van der Waals surface area (Å²) in [5.74, 6) is 1.14. The molecule has 0 radical (unpaired) electrons. The number of rotatable bonds is 6. The van der Waals surface area contributed by atoms with Gasteiger partial charge in [-0.25, -0.2) is 13.1 Å². The fourth-order valence-electron chi connectivity index (χ4n) is 1.94. The SMILES string of the molecule is COc1ccc(CNS(=O)(=O)c2cc(Cl)cc(Cl)c2)c(OC)c1. The van der Waals surface area contributed by atoms with Gasteiger partial charge in [0.2, 0.25) is 10.0 Å². The van der Waals surface area contributed by atoms with Gasteiger partial charge in [-0.3, -0.25) is 0 Å². The van der Waals surface area contributed by atoms with Gasteiger partial charge in [-0.15, -0.1) is 0 Å². The van der Waals surface area contributed by atoms with E-state index in [1.165, 1.54) is 25.3 Å². The van der Waals surface area contributed by atoms with Crippen molar-refractivity contribution in [3.05, 3.63) is 52.0 Å². The first-order chi connectivity index (χ1) is 10.9. The van der Waals surface area contributed by atoms with Gasteiger partial charge >= 0.3 is 0 Å². The van der Waals surface area contributed by atoms with Gasteiger partial charge in [0.1, 0.15) is 11.5 Å². The van der Waals surface area contributed by atoms with Gasteiger partial charge in [-0.2, -0.15) is 0 Å². The van der Waals surface area contributed by atoms with Crippen LogP contribution in [0, 0.1) is 0 Å². The molecule has 0 aliphatic heterocycles. The van der Waals surface area contributed by atoms with Crippen molar-refractivity contribution in [2.45, 2.75) is 11.4 Å². The topological polar surface area (TPSA) is 64.6 Å². The molecular formula is C15H15Cl2NO4S. The highest BCUT2D eigenvalue weighted by atomic mass is 35.5. The van der Waals surface area contributed by atoms with Crippen LogP contribution in [0.4, 0.5) is 0 Å². The molecule has 0 aliphatic rings. The van der Waals surface area contributed by atoms with E-state index in [-0.39, 0.29) is 21.5 Å². The van der Waals surface area contributed by atoms with Crippen molar-refractivity contribution < 1.29 is 17.9 Å². The summed E-state index contributed by atoms with van der Waals surface area (Å²) in [6, 6.07) is 9.27. The summed E-state index contributed by atoms with van der Waals surface area (Å²) < 4.78 is 37.5. The van der Waals surface area contributed by atoms with Crippen molar-refractivity contribution >= 4 is 33.2 Å². The predicted molar refractivity (Wildman–Crippen MR) is 90.0 cm³/mol. The molecule has 0 unspecified atom stereocenters. The van der Waals surface area contributed by atoms with Gasteiger partial charge in [0.25, 0.3) is 0 Å². The zero-order valence-corrected chi connectivity index (χ0v) is 14.8. The molecule has 0 spiro atoms. The van der Waals surface area contributed by atoms with Gasteiger partial charge in [0.15, 0.2) is 0 Å². The zero-order valence-electron chi connectivity index (χ0n) is 12.5. The molecule has 0 saturated heterocycles. The molecule has 0 heterocycles. The van der Waals surface area contributed by atoms with Gasteiger partial charge in [0, 0.05) is 28.2 Å². The van der Waals surface area contributed by atoms with Crippen LogP contribution in [-0.2, 0) is 16.6 Å². The fourth-order valence-corrected chi connectivity index (χ4v) is 3.67. The molecule has 124 valence electrons. The molecule has 0 amide bonds. The Kier molecular flexibility index (Phi) is 5.75. The maximum absolute atomic E-state index is 12.3. The standard InChI is InChI=1S/C15H15Cl2NO4S/c1-21-13-4-3-10(15(8-13)22-2)9-18-23(19,20)14-6-11(16)5-12(17)7-14/h3-8,18H,9H2,1-2H3. The highest BCUT2D eigenvalue weighted by molar-refractivity contribution is 7.89. The van der Waals surface area contributed by atoms with Crippen LogP contribution in [0.25, 0.3) is 0 Å². The van der Waals surface area contributed by atoms with Crippen LogP contribution in [0.3, 0.4) is 0 Å². The summed E-state index contributed by atoms with van der Waals surface area (Å²) in [5, 5.41) is 0.500. The second-order valence-corrected chi connectivity index (χ2v) is 7.25. The van der Waals surface area contributed by atoms with Gasteiger partial charge in [-0.1, -0.05) is 29.3 Å². The fraction of sp³-hybridized carbons (Fsp3) is 0.200. The van der Waals surface area contributed by atoms with E-state index >= 15 is 0 Å². The highest BCUT2D eigenvalue weighted by Gasteiger charge is 2.16. The minimum Gasteiger partial charge on any atom is -0.497 e. The summed E-state index contributed by atoms with van der Waals surface area (Å²) in [5.41, 5.74) is 0.671. The molecule has 2 aromatic carbocycles. The van der Waals surface area contributed by atoms with Crippen molar-refractivity contribution in [3.63, 3.8) is 0 Å². The van der Waals surface area contributed by atoms with Crippen LogP contribution in [0.1, 0.15) is 5.56 Å². The Morgan fingerprint density at radius 3 is 2.22 bits per heavy atom. The maximum atomic E-state index is 12.3. The quantitative estimate of drug-likeness (QED) is 0.838. The smallest absolute Gasteiger partial charge is 0.240 e. The number of hydrogen-bond acceptors (Lipinski definition) is 4. The molecule has 0 aliphatic carbocycles. The average Bonchev–Trinajstić information content (AvgIpc) is 2.51. The van der Waals surface area contributed by atoms with Crippen molar-refractivity contribution in [2.24, 2.45) is 0 Å². The van der Waals surface area contributed by atoms with Gasteiger partial charge in [-0.05, 0) is 24.3 Å². The molecule has 2 rings (SSSR count). The van der Waals surface area contributed by atoms with E-state index in [1.54, 1.807) is 25.3 Å². The summed E-state index contributed by atoms with van der Waals surface area (Å²) in [6.07, 6.45) is 0. The summed E-state index contributed by atoms with van der Waals surface area (Å²) in [4.78, 5) is 0.00229. The second kappa shape index (κ2) is 7.40. The Labute approximate surface area is 145 Å². The zero-order chi connectivity index (χ0) is 17.0. The van der Waals surface area contributed by atoms with E-state index in [4.69, 9.17) is 32.7 Å². The lowest BCUT2D eigenvalue weighted by Gasteiger charge is -2.12. The molecule has 0 bridgehead atoms. The van der Waals surface area contributed by atoms with Crippen LogP contribution >= 0.6 is 23.2 Å². The molecule has 0 fully saturated rings. The Bertz CT molecular complexity index is 789. The lowest BCUT2D eigenvalue weighted by atomic mass is 10.2. The molecule has 5 nitrogen and oxygen atoms in total. The van der Waals surface area contributed by atoms with Crippen molar-refractivity contribution in [1.82, 2.24) is 4.72 Å². The minimum absolute atomic E-state index is 0.00229. The third-order valence-electron chi connectivity index (χ3n) is 3.09.